The standard InChI is InChI=1S/C15H32N2O2/c1-5-6-14(2,3)11-15(4,12-18-9-7-16)13-19-10-8-17/h5-6H,7-13,16-17H2,1-4H3/b6-5-. The lowest BCUT2D eigenvalue weighted by Gasteiger charge is -2.36. The molecule has 0 fully saturated rings. The van der Waals surface area contributed by atoms with Crippen LogP contribution in [0.2, 0.25) is 0 Å². The van der Waals surface area contributed by atoms with Crippen LogP contribution in [0.15, 0.2) is 12.2 Å². The van der Waals surface area contributed by atoms with E-state index in [1.807, 2.05) is 0 Å². The number of hydrogen-bond donors (Lipinski definition) is 2. The first kappa shape index (κ1) is 18.6. The van der Waals surface area contributed by atoms with E-state index in [0.717, 1.165) is 6.42 Å². The molecule has 0 aromatic carbocycles. The van der Waals surface area contributed by atoms with Gasteiger partial charge in [-0.05, 0) is 18.8 Å². The first-order valence-electron chi connectivity index (χ1n) is 7.08. The van der Waals surface area contributed by atoms with Crippen LogP contribution in [0, 0.1) is 10.8 Å². The fourth-order valence-corrected chi connectivity index (χ4v) is 2.56. The van der Waals surface area contributed by atoms with Crippen molar-refractivity contribution >= 4 is 0 Å². The van der Waals surface area contributed by atoms with Crippen LogP contribution in [-0.2, 0) is 9.47 Å². The lowest BCUT2D eigenvalue weighted by atomic mass is 9.74. The summed E-state index contributed by atoms with van der Waals surface area (Å²) < 4.78 is 11.3. The van der Waals surface area contributed by atoms with Crippen LogP contribution in [0.25, 0.3) is 0 Å². The highest BCUT2D eigenvalue weighted by molar-refractivity contribution is 4.96. The summed E-state index contributed by atoms with van der Waals surface area (Å²) in [5.41, 5.74) is 11.0. The van der Waals surface area contributed by atoms with Gasteiger partial charge in [-0.2, -0.15) is 0 Å². The quantitative estimate of drug-likeness (QED) is 0.445. The molecule has 0 aliphatic rings. The second-order valence-electron chi connectivity index (χ2n) is 6.16. The second kappa shape index (κ2) is 9.48. The van der Waals surface area contributed by atoms with Crippen molar-refractivity contribution in [3.63, 3.8) is 0 Å². The molecule has 0 bridgehead atoms. The van der Waals surface area contributed by atoms with Crippen LogP contribution in [0.3, 0.4) is 0 Å². The number of rotatable bonds is 11. The summed E-state index contributed by atoms with van der Waals surface area (Å²) in [6.45, 7) is 12.3. The topological polar surface area (TPSA) is 70.5 Å². The summed E-state index contributed by atoms with van der Waals surface area (Å²) >= 11 is 0. The zero-order valence-electron chi connectivity index (χ0n) is 13.1. The maximum Gasteiger partial charge on any atom is 0.0589 e. The molecule has 0 atom stereocenters. The molecule has 0 heterocycles. The van der Waals surface area contributed by atoms with Gasteiger partial charge in [0.1, 0.15) is 0 Å². The Morgan fingerprint density at radius 1 is 0.947 bits per heavy atom. The van der Waals surface area contributed by atoms with Gasteiger partial charge in [0.05, 0.1) is 26.4 Å². The highest BCUT2D eigenvalue weighted by Crippen LogP contribution is 2.35. The van der Waals surface area contributed by atoms with Gasteiger partial charge in [0, 0.05) is 18.5 Å². The van der Waals surface area contributed by atoms with Crippen LogP contribution < -0.4 is 11.5 Å². The van der Waals surface area contributed by atoms with Crippen LogP contribution >= 0.6 is 0 Å². The van der Waals surface area contributed by atoms with Gasteiger partial charge >= 0.3 is 0 Å². The van der Waals surface area contributed by atoms with E-state index in [9.17, 15) is 0 Å². The minimum absolute atomic E-state index is 0.0205. The Kier molecular flexibility index (Phi) is 9.27. The Labute approximate surface area is 118 Å². The predicted octanol–water partition coefficient (Wildman–Crippen LogP) is 1.94. The predicted molar refractivity (Wildman–Crippen MR) is 81.1 cm³/mol. The van der Waals surface area contributed by atoms with E-state index in [1.165, 1.54) is 0 Å². The molecule has 0 amide bonds. The van der Waals surface area contributed by atoms with Gasteiger partial charge in [-0.25, -0.2) is 0 Å². The summed E-state index contributed by atoms with van der Waals surface area (Å²) in [6, 6.07) is 0. The van der Waals surface area contributed by atoms with Crippen LogP contribution in [-0.4, -0.2) is 39.5 Å². The van der Waals surface area contributed by atoms with E-state index in [4.69, 9.17) is 20.9 Å². The maximum atomic E-state index is 5.64. The summed E-state index contributed by atoms with van der Waals surface area (Å²) in [6.07, 6.45) is 5.33. The van der Waals surface area contributed by atoms with E-state index in [0.29, 0.717) is 39.5 Å². The van der Waals surface area contributed by atoms with Gasteiger partial charge in [-0.3, -0.25) is 0 Å². The summed E-state index contributed by atoms with van der Waals surface area (Å²) in [5, 5.41) is 0. The molecule has 4 heteroatoms. The molecule has 4 nitrogen and oxygen atoms in total. The molecule has 0 aromatic heterocycles. The summed E-state index contributed by atoms with van der Waals surface area (Å²) in [7, 11) is 0. The normalized spacial score (nSPS) is 13.4. The average molecular weight is 272 g/mol. The Morgan fingerprint density at radius 3 is 1.79 bits per heavy atom. The van der Waals surface area contributed by atoms with Gasteiger partial charge in [-0.1, -0.05) is 32.9 Å². The first-order valence-corrected chi connectivity index (χ1v) is 7.08. The van der Waals surface area contributed by atoms with Crippen LogP contribution in [0.5, 0.6) is 0 Å². The van der Waals surface area contributed by atoms with Crippen molar-refractivity contribution in [2.75, 3.05) is 39.5 Å². The van der Waals surface area contributed by atoms with Crippen molar-refractivity contribution in [1.82, 2.24) is 0 Å². The molecule has 0 rings (SSSR count). The van der Waals surface area contributed by atoms with Gasteiger partial charge < -0.3 is 20.9 Å². The first-order chi connectivity index (χ1) is 8.89. The Morgan fingerprint density at radius 2 is 1.42 bits per heavy atom. The largest absolute Gasteiger partial charge is 0.379 e. The maximum absolute atomic E-state index is 5.64. The fourth-order valence-electron chi connectivity index (χ4n) is 2.56. The van der Waals surface area contributed by atoms with E-state index < -0.39 is 0 Å². The molecular weight excluding hydrogens is 240 g/mol. The van der Waals surface area contributed by atoms with Gasteiger partial charge in [0.2, 0.25) is 0 Å². The highest BCUT2D eigenvalue weighted by Gasteiger charge is 2.31. The van der Waals surface area contributed by atoms with Crippen molar-refractivity contribution in [2.45, 2.75) is 34.1 Å². The third-order valence-electron chi connectivity index (χ3n) is 2.93. The third kappa shape index (κ3) is 9.16. The molecule has 0 aromatic rings. The van der Waals surface area contributed by atoms with E-state index in [2.05, 4.69) is 39.8 Å². The zero-order chi connectivity index (χ0) is 14.8. The van der Waals surface area contributed by atoms with Crippen molar-refractivity contribution in [1.29, 1.82) is 0 Å². The Bertz CT molecular complexity index is 243. The van der Waals surface area contributed by atoms with Crippen LogP contribution in [0.4, 0.5) is 0 Å². The van der Waals surface area contributed by atoms with E-state index in [1.54, 1.807) is 0 Å². The molecule has 0 spiro atoms. The smallest absolute Gasteiger partial charge is 0.0589 e. The minimum atomic E-state index is -0.0205. The lowest BCUT2D eigenvalue weighted by Crippen LogP contribution is -2.35. The molecular formula is C15H32N2O2. The van der Waals surface area contributed by atoms with Crippen LogP contribution in [0.1, 0.15) is 34.1 Å². The SMILES string of the molecule is C/C=C\C(C)(C)CC(C)(COCCN)COCCN. The third-order valence-corrected chi connectivity index (χ3v) is 2.93. The van der Waals surface area contributed by atoms with Crippen molar-refractivity contribution < 1.29 is 9.47 Å². The number of allylic oxidation sites excluding steroid dienone is 2. The Balaban J connectivity index is 4.53. The number of hydrogen-bond acceptors (Lipinski definition) is 4. The van der Waals surface area contributed by atoms with Gasteiger partial charge in [-0.15, -0.1) is 0 Å². The minimum Gasteiger partial charge on any atom is -0.379 e. The molecule has 4 N–H and O–H groups in total. The molecule has 0 unspecified atom stereocenters. The molecule has 19 heavy (non-hydrogen) atoms. The second-order valence-corrected chi connectivity index (χ2v) is 6.16. The summed E-state index contributed by atoms with van der Waals surface area (Å²) in [5.74, 6) is 0. The molecule has 0 radical (unpaired) electrons. The van der Waals surface area contributed by atoms with Gasteiger partial charge in [0.15, 0.2) is 0 Å². The van der Waals surface area contributed by atoms with Crippen molar-refractivity contribution in [3.8, 4) is 0 Å². The molecule has 0 aliphatic heterocycles. The highest BCUT2D eigenvalue weighted by atomic mass is 16.5. The molecule has 0 saturated heterocycles. The van der Waals surface area contributed by atoms with Crippen molar-refractivity contribution in [3.05, 3.63) is 12.2 Å². The van der Waals surface area contributed by atoms with Crippen molar-refractivity contribution in [2.24, 2.45) is 22.3 Å². The fraction of sp³-hybridized carbons (Fsp3) is 0.867. The Hall–Kier alpha value is -0.420. The lowest BCUT2D eigenvalue weighted by molar-refractivity contribution is -0.0260. The van der Waals surface area contributed by atoms with E-state index in [-0.39, 0.29) is 10.8 Å². The number of nitrogens with two attached hydrogens (primary N) is 2. The molecule has 0 aliphatic carbocycles. The molecule has 114 valence electrons. The number of ether oxygens (including phenoxy) is 2. The monoisotopic (exact) mass is 272 g/mol. The zero-order valence-corrected chi connectivity index (χ0v) is 13.1. The van der Waals surface area contributed by atoms with E-state index >= 15 is 0 Å². The van der Waals surface area contributed by atoms with Gasteiger partial charge in [0.25, 0.3) is 0 Å². The molecule has 0 saturated carbocycles. The average Bonchev–Trinajstić information content (AvgIpc) is 2.28. The summed E-state index contributed by atoms with van der Waals surface area (Å²) in [4.78, 5) is 0.